The molecule has 0 aliphatic heterocycles. The van der Waals surface area contributed by atoms with Gasteiger partial charge < -0.3 is 20.5 Å². The van der Waals surface area contributed by atoms with E-state index in [2.05, 4.69) is 15.3 Å². The zero-order valence-corrected chi connectivity index (χ0v) is 18.6. The van der Waals surface area contributed by atoms with Crippen LogP contribution < -0.4 is 16.9 Å². The monoisotopic (exact) mass is 486 g/mol. The van der Waals surface area contributed by atoms with E-state index < -0.39 is 17.7 Å². The normalized spacial score (nSPS) is 14.2. The summed E-state index contributed by atoms with van der Waals surface area (Å²) in [5.41, 5.74) is 7.73. The molecule has 0 unspecified atom stereocenters. The van der Waals surface area contributed by atoms with Gasteiger partial charge in [0.15, 0.2) is 5.82 Å². The number of nitrogens with zero attached hydrogens (tertiary/aromatic N) is 5. The number of pyridine rings is 2. The Morgan fingerprint density at radius 3 is 2.85 bits per heavy atom. The Bertz CT molecular complexity index is 1440. The number of amides is 1. The van der Waals surface area contributed by atoms with Crippen LogP contribution in [0.3, 0.4) is 0 Å². The number of carbonyl (C=O) groups is 1. The third-order valence-corrected chi connectivity index (χ3v) is 5.97. The number of rotatable bonds is 7. The van der Waals surface area contributed by atoms with Gasteiger partial charge in [0.2, 0.25) is 5.95 Å². The van der Waals surface area contributed by atoms with E-state index in [9.17, 15) is 13.6 Å². The van der Waals surface area contributed by atoms with Gasteiger partial charge in [0.25, 0.3) is 5.91 Å². The molecule has 4 heterocycles. The standard InChI is InChI=1S/C22H21ClF2N8O/c23-14-5-6-31-11-29-16(20(31)19(14)24)7-28-22(34)15(26)9-32(27)10-17-21(25)33-8-13(12-1-2-12)3-4-18(33)30-17/h3-6,8-9,11-12H,1-2,7,10,26-27H2,(H,28,34)/b15-9-. The van der Waals surface area contributed by atoms with Crippen molar-refractivity contribution in [3.8, 4) is 0 Å². The van der Waals surface area contributed by atoms with Crippen molar-refractivity contribution in [2.24, 2.45) is 11.6 Å². The molecule has 0 bridgehead atoms. The molecular weight excluding hydrogens is 466 g/mol. The number of imidazole rings is 2. The molecule has 9 nitrogen and oxygen atoms in total. The highest BCUT2D eigenvalue weighted by atomic mass is 35.5. The van der Waals surface area contributed by atoms with Crippen LogP contribution in [0, 0.1) is 11.8 Å². The summed E-state index contributed by atoms with van der Waals surface area (Å²) < 4.78 is 32.0. The van der Waals surface area contributed by atoms with Crippen molar-refractivity contribution >= 4 is 28.7 Å². The van der Waals surface area contributed by atoms with Gasteiger partial charge in [-0.3, -0.25) is 9.20 Å². The Balaban J connectivity index is 1.25. The summed E-state index contributed by atoms with van der Waals surface area (Å²) in [5, 5.41) is 3.58. The maximum atomic E-state index is 14.9. The van der Waals surface area contributed by atoms with E-state index in [1.54, 1.807) is 18.5 Å². The summed E-state index contributed by atoms with van der Waals surface area (Å²) >= 11 is 5.83. The van der Waals surface area contributed by atoms with E-state index >= 15 is 0 Å². The lowest BCUT2D eigenvalue weighted by Gasteiger charge is -2.13. The number of carbonyl (C=O) groups excluding carboxylic acids is 1. The molecule has 0 spiro atoms. The van der Waals surface area contributed by atoms with Crippen molar-refractivity contribution in [1.29, 1.82) is 0 Å². The Morgan fingerprint density at radius 1 is 1.29 bits per heavy atom. The Morgan fingerprint density at radius 2 is 2.09 bits per heavy atom. The SMILES string of the molecule is N/C(=C\N(N)Cc1nc2ccc(C3CC3)cn2c1F)C(=O)NCc1ncn2ccc(Cl)c(F)c12. The number of hydrazine groups is 1. The van der Waals surface area contributed by atoms with Gasteiger partial charge in [-0.2, -0.15) is 4.39 Å². The van der Waals surface area contributed by atoms with Gasteiger partial charge in [0.1, 0.15) is 22.6 Å². The van der Waals surface area contributed by atoms with Crippen molar-refractivity contribution in [1.82, 2.24) is 29.1 Å². The summed E-state index contributed by atoms with van der Waals surface area (Å²) in [6.45, 7) is -0.189. The molecule has 4 aromatic heterocycles. The van der Waals surface area contributed by atoms with Crippen LogP contribution in [0.4, 0.5) is 8.78 Å². The minimum Gasteiger partial charge on any atom is -0.393 e. The van der Waals surface area contributed by atoms with E-state index in [1.807, 2.05) is 6.07 Å². The van der Waals surface area contributed by atoms with Crippen LogP contribution in [0.1, 0.15) is 35.7 Å². The van der Waals surface area contributed by atoms with Crippen LogP contribution >= 0.6 is 11.6 Å². The van der Waals surface area contributed by atoms with Crippen LogP contribution in [-0.2, 0) is 17.9 Å². The first kappa shape index (κ1) is 22.1. The third-order valence-electron chi connectivity index (χ3n) is 5.68. The highest BCUT2D eigenvalue weighted by Crippen LogP contribution is 2.40. The third kappa shape index (κ3) is 4.15. The van der Waals surface area contributed by atoms with Crippen LogP contribution in [0.25, 0.3) is 11.2 Å². The van der Waals surface area contributed by atoms with Crippen molar-refractivity contribution in [2.45, 2.75) is 31.8 Å². The first-order valence-corrected chi connectivity index (χ1v) is 10.9. The van der Waals surface area contributed by atoms with Crippen molar-refractivity contribution in [3.63, 3.8) is 0 Å². The highest BCUT2D eigenvalue weighted by molar-refractivity contribution is 6.31. The summed E-state index contributed by atoms with van der Waals surface area (Å²) in [7, 11) is 0. The van der Waals surface area contributed by atoms with Crippen LogP contribution in [-0.4, -0.2) is 29.7 Å². The fourth-order valence-corrected chi connectivity index (χ4v) is 3.92. The largest absolute Gasteiger partial charge is 0.393 e. The number of halogens is 3. The molecule has 1 amide bonds. The van der Waals surface area contributed by atoms with E-state index in [-0.39, 0.29) is 40.7 Å². The van der Waals surface area contributed by atoms with E-state index in [1.165, 1.54) is 27.4 Å². The number of aromatic nitrogens is 4. The van der Waals surface area contributed by atoms with Gasteiger partial charge in [0, 0.05) is 18.6 Å². The maximum Gasteiger partial charge on any atom is 0.269 e. The predicted molar refractivity (Wildman–Crippen MR) is 121 cm³/mol. The molecule has 0 radical (unpaired) electrons. The summed E-state index contributed by atoms with van der Waals surface area (Å²) in [6.07, 6.45) is 8.12. The lowest BCUT2D eigenvalue weighted by Crippen LogP contribution is -2.32. The second-order valence-corrected chi connectivity index (χ2v) is 8.59. The Kier molecular flexibility index (Phi) is 5.58. The van der Waals surface area contributed by atoms with E-state index in [0.29, 0.717) is 11.6 Å². The minimum absolute atomic E-state index is 0.0540. The average Bonchev–Trinajstić information content (AvgIpc) is 3.52. The smallest absolute Gasteiger partial charge is 0.269 e. The summed E-state index contributed by atoms with van der Waals surface area (Å²) in [6, 6.07) is 5.13. The molecule has 0 atom stereocenters. The lowest BCUT2D eigenvalue weighted by atomic mass is 10.2. The van der Waals surface area contributed by atoms with Gasteiger partial charge in [-0.1, -0.05) is 17.7 Å². The van der Waals surface area contributed by atoms with Gasteiger partial charge in [0.05, 0.1) is 30.1 Å². The molecular formula is C22H21ClF2N8O. The molecule has 0 aromatic carbocycles. The molecule has 1 aliphatic rings. The predicted octanol–water partition coefficient (Wildman–Crippen LogP) is 2.58. The first-order chi connectivity index (χ1) is 16.3. The molecule has 5 rings (SSSR count). The lowest BCUT2D eigenvalue weighted by molar-refractivity contribution is -0.117. The molecule has 1 fully saturated rings. The molecule has 4 aromatic rings. The highest BCUT2D eigenvalue weighted by Gasteiger charge is 2.25. The second-order valence-electron chi connectivity index (χ2n) is 8.18. The molecule has 12 heteroatoms. The van der Waals surface area contributed by atoms with Crippen LogP contribution in [0.2, 0.25) is 5.02 Å². The quantitative estimate of drug-likeness (QED) is 0.210. The van der Waals surface area contributed by atoms with Gasteiger partial charge in [-0.25, -0.2) is 20.2 Å². The second kappa shape index (κ2) is 8.58. The summed E-state index contributed by atoms with van der Waals surface area (Å²) in [5.74, 6) is 4.60. The van der Waals surface area contributed by atoms with E-state index in [0.717, 1.165) is 23.4 Å². The molecule has 0 saturated heterocycles. The van der Waals surface area contributed by atoms with Crippen LogP contribution in [0.5, 0.6) is 0 Å². The maximum absolute atomic E-state index is 14.9. The Hall–Kier alpha value is -3.70. The van der Waals surface area contributed by atoms with E-state index in [4.69, 9.17) is 23.2 Å². The number of hydrogen-bond acceptors (Lipinski definition) is 6. The number of hydrogen-bond donors (Lipinski definition) is 3. The van der Waals surface area contributed by atoms with Crippen molar-refractivity contribution in [2.75, 3.05) is 0 Å². The van der Waals surface area contributed by atoms with Crippen molar-refractivity contribution < 1.29 is 13.6 Å². The van der Waals surface area contributed by atoms with Gasteiger partial charge in [-0.05, 0) is 36.5 Å². The van der Waals surface area contributed by atoms with Crippen molar-refractivity contribution in [3.05, 3.63) is 82.6 Å². The van der Waals surface area contributed by atoms with Crippen LogP contribution in [0.15, 0.2) is 48.8 Å². The number of nitrogens with one attached hydrogen (secondary N) is 1. The topological polar surface area (TPSA) is 119 Å². The molecule has 1 saturated carbocycles. The molecule has 5 N–H and O–H groups in total. The zero-order chi connectivity index (χ0) is 24.0. The minimum atomic E-state index is -0.649. The number of nitrogens with two attached hydrogens (primary N) is 2. The molecule has 176 valence electrons. The molecule has 34 heavy (non-hydrogen) atoms. The fraction of sp³-hybridized carbons (Fsp3) is 0.227. The van der Waals surface area contributed by atoms with Gasteiger partial charge >= 0.3 is 0 Å². The fourth-order valence-electron chi connectivity index (χ4n) is 3.78. The number of fused-ring (bicyclic) bond motifs is 2. The first-order valence-electron chi connectivity index (χ1n) is 10.5. The zero-order valence-electron chi connectivity index (χ0n) is 17.9. The Labute approximate surface area is 197 Å². The average molecular weight is 487 g/mol. The summed E-state index contributed by atoms with van der Waals surface area (Å²) in [4.78, 5) is 20.8. The molecule has 1 aliphatic carbocycles. The van der Waals surface area contributed by atoms with Gasteiger partial charge in [-0.15, -0.1) is 0 Å².